The van der Waals surface area contributed by atoms with Gasteiger partial charge in [-0.2, -0.15) is 0 Å². The van der Waals surface area contributed by atoms with E-state index in [0.29, 0.717) is 18.3 Å². The highest BCUT2D eigenvalue weighted by Crippen LogP contribution is 2.23. The molecular weight excluding hydrogens is 342 g/mol. The Hall–Kier alpha value is -2.55. The number of thioether (sulfide) groups is 1. The van der Waals surface area contributed by atoms with Gasteiger partial charge in [-0.1, -0.05) is 42.1 Å². The van der Waals surface area contributed by atoms with Crippen LogP contribution in [0.5, 0.6) is 0 Å². The summed E-state index contributed by atoms with van der Waals surface area (Å²) in [7, 11) is 0. The van der Waals surface area contributed by atoms with Crippen LogP contribution in [0.3, 0.4) is 0 Å². The van der Waals surface area contributed by atoms with Crippen LogP contribution in [0.1, 0.15) is 25.5 Å². The van der Waals surface area contributed by atoms with Crippen molar-refractivity contribution in [2.24, 2.45) is 0 Å². The molecule has 25 heavy (non-hydrogen) atoms. The molecule has 1 aromatic carbocycles. The minimum Gasteiger partial charge on any atom is -0.465 e. The van der Waals surface area contributed by atoms with Gasteiger partial charge in [0.1, 0.15) is 6.04 Å². The lowest BCUT2D eigenvalue weighted by molar-refractivity contribution is -0.139. The summed E-state index contributed by atoms with van der Waals surface area (Å²) in [6.07, 6.45) is 0. The highest BCUT2D eigenvalue weighted by atomic mass is 32.2. The molecule has 0 fully saturated rings. The van der Waals surface area contributed by atoms with Gasteiger partial charge in [0.15, 0.2) is 5.16 Å². The summed E-state index contributed by atoms with van der Waals surface area (Å²) in [5.41, 5.74) is 6.83. The fourth-order valence-electron chi connectivity index (χ4n) is 2.13. The maximum atomic E-state index is 12.4. The van der Waals surface area contributed by atoms with Gasteiger partial charge in [0.05, 0.1) is 12.4 Å². The Labute approximate surface area is 150 Å². The topological polar surface area (TPSA) is 112 Å². The van der Waals surface area contributed by atoms with E-state index in [1.54, 1.807) is 13.8 Å². The van der Waals surface area contributed by atoms with Crippen LogP contribution >= 0.6 is 11.8 Å². The summed E-state index contributed by atoms with van der Waals surface area (Å²) in [6.45, 7) is 4.17. The summed E-state index contributed by atoms with van der Waals surface area (Å²) in [5.74, 6) is -0.381. The average molecular weight is 363 g/mol. The Morgan fingerprint density at radius 3 is 2.72 bits per heavy atom. The van der Waals surface area contributed by atoms with Crippen LogP contribution in [0.25, 0.3) is 0 Å². The molecule has 8 nitrogen and oxygen atoms in total. The maximum absolute atomic E-state index is 12.4. The number of amides is 1. The number of hydrogen-bond donors (Lipinski definition) is 2. The van der Waals surface area contributed by atoms with Crippen molar-refractivity contribution in [3.63, 3.8) is 0 Å². The number of carbonyl (C=O) groups excluding carboxylic acids is 2. The van der Waals surface area contributed by atoms with Gasteiger partial charge in [0.25, 0.3) is 0 Å². The standard InChI is InChI=1S/C16H21N5O3S/c1-3-24-13(22)10-25-16-20-19-15(17)21(16)11(2)14(23)18-9-12-7-5-4-6-8-12/h4-8,11H,3,9-10H2,1-2H3,(H2,17,19)(H,18,23). The second-order valence-electron chi connectivity index (χ2n) is 5.18. The molecule has 2 aromatic rings. The van der Waals surface area contributed by atoms with Crippen LogP contribution in [-0.2, 0) is 20.9 Å². The maximum Gasteiger partial charge on any atom is 0.316 e. The van der Waals surface area contributed by atoms with Crippen molar-refractivity contribution in [1.82, 2.24) is 20.1 Å². The summed E-state index contributed by atoms with van der Waals surface area (Å²) in [6, 6.07) is 8.99. The molecule has 2 rings (SSSR count). The number of benzene rings is 1. The number of anilines is 1. The lowest BCUT2D eigenvalue weighted by Gasteiger charge is -2.16. The van der Waals surface area contributed by atoms with Crippen molar-refractivity contribution < 1.29 is 14.3 Å². The van der Waals surface area contributed by atoms with Gasteiger partial charge >= 0.3 is 5.97 Å². The summed E-state index contributed by atoms with van der Waals surface area (Å²) in [5, 5.41) is 11.0. The number of nitrogens with two attached hydrogens (primary N) is 1. The SMILES string of the molecule is CCOC(=O)CSc1nnc(N)n1C(C)C(=O)NCc1ccccc1. The lowest BCUT2D eigenvalue weighted by atomic mass is 10.2. The summed E-state index contributed by atoms with van der Waals surface area (Å²) >= 11 is 1.13. The smallest absolute Gasteiger partial charge is 0.316 e. The second-order valence-corrected chi connectivity index (χ2v) is 6.13. The molecule has 1 aromatic heterocycles. The van der Waals surface area contributed by atoms with E-state index in [9.17, 15) is 9.59 Å². The van der Waals surface area contributed by atoms with Crippen molar-refractivity contribution >= 4 is 29.6 Å². The molecule has 0 aliphatic heterocycles. The second kappa shape index (κ2) is 9.07. The van der Waals surface area contributed by atoms with E-state index < -0.39 is 6.04 Å². The van der Waals surface area contributed by atoms with E-state index in [1.807, 2.05) is 30.3 Å². The van der Waals surface area contributed by atoms with E-state index in [4.69, 9.17) is 10.5 Å². The van der Waals surface area contributed by atoms with E-state index in [1.165, 1.54) is 4.57 Å². The molecule has 0 bridgehead atoms. The van der Waals surface area contributed by atoms with Crippen LogP contribution in [0.2, 0.25) is 0 Å². The molecule has 0 saturated carbocycles. The van der Waals surface area contributed by atoms with Gasteiger partial charge < -0.3 is 15.8 Å². The van der Waals surface area contributed by atoms with Crippen LogP contribution < -0.4 is 11.1 Å². The summed E-state index contributed by atoms with van der Waals surface area (Å²) < 4.78 is 6.38. The van der Waals surface area contributed by atoms with Gasteiger partial charge in [-0.25, -0.2) is 0 Å². The molecule has 9 heteroatoms. The van der Waals surface area contributed by atoms with Crippen LogP contribution in [0.15, 0.2) is 35.5 Å². The minimum atomic E-state index is -0.608. The first-order valence-electron chi connectivity index (χ1n) is 7.83. The monoisotopic (exact) mass is 363 g/mol. The molecular formula is C16H21N5O3S. The highest BCUT2D eigenvalue weighted by molar-refractivity contribution is 7.99. The zero-order chi connectivity index (χ0) is 18.2. The first-order chi connectivity index (χ1) is 12.0. The molecule has 1 heterocycles. The first-order valence-corrected chi connectivity index (χ1v) is 8.82. The zero-order valence-electron chi connectivity index (χ0n) is 14.1. The van der Waals surface area contributed by atoms with Crippen LogP contribution in [0, 0.1) is 0 Å². The molecule has 0 saturated heterocycles. The fraction of sp³-hybridized carbons (Fsp3) is 0.375. The Kier molecular flexibility index (Phi) is 6.81. The van der Waals surface area contributed by atoms with Crippen molar-refractivity contribution in [2.45, 2.75) is 31.6 Å². The molecule has 1 amide bonds. The van der Waals surface area contributed by atoms with Gasteiger partial charge in [0, 0.05) is 6.54 Å². The van der Waals surface area contributed by atoms with Crippen molar-refractivity contribution in [3.05, 3.63) is 35.9 Å². The van der Waals surface area contributed by atoms with Gasteiger partial charge in [-0.15, -0.1) is 10.2 Å². The fourth-order valence-corrected chi connectivity index (χ4v) is 2.95. The van der Waals surface area contributed by atoms with Crippen LogP contribution in [0.4, 0.5) is 5.95 Å². The Bertz CT molecular complexity index is 720. The predicted molar refractivity (Wildman–Crippen MR) is 94.8 cm³/mol. The molecule has 1 atom stereocenters. The van der Waals surface area contributed by atoms with Crippen molar-refractivity contribution in [3.8, 4) is 0 Å². The Morgan fingerprint density at radius 1 is 1.32 bits per heavy atom. The Morgan fingerprint density at radius 2 is 2.04 bits per heavy atom. The number of esters is 1. The molecule has 0 aliphatic rings. The number of hydrogen-bond acceptors (Lipinski definition) is 7. The number of aromatic nitrogens is 3. The van der Waals surface area contributed by atoms with Gasteiger partial charge in [-0.05, 0) is 19.4 Å². The van der Waals surface area contributed by atoms with E-state index in [-0.39, 0.29) is 23.6 Å². The number of rotatable bonds is 8. The van der Waals surface area contributed by atoms with Crippen molar-refractivity contribution in [1.29, 1.82) is 0 Å². The average Bonchev–Trinajstić information content (AvgIpc) is 2.99. The quantitative estimate of drug-likeness (QED) is 0.538. The van der Waals surface area contributed by atoms with E-state index in [0.717, 1.165) is 17.3 Å². The first kappa shape index (κ1) is 18.8. The van der Waals surface area contributed by atoms with Crippen molar-refractivity contribution in [2.75, 3.05) is 18.1 Å². The molecule has 1 unspecified atom stereocenters. The minimum absolute atomic E-state index is 0.0737. The van der Waals surface area contributed by atoms with Gasteiger partial charge in [0.2, 0.25) is 11.9 Å². The highest BCUT2D eigenvalue weighted by Gasteiger charge is 2.22. The zero-order valence-corrected chi connectivity index (χ0v) is 15.0. The third-order valence-electron chi connectivity index (χ3n) is 3.39. The van der Waals surface area contributed by atoms with Gasteiger partial charge in [-0.3, -0.25) is 14.2 Å². The molecule has 0 spiro atoms. The number of nitrogens with one attached hydrogen (secondary N) is 1. The predicted octanol–water partition coefficient (Wildman–Crippen LogP) is 1.39. The Balaban J connectivity index is 2.00. The van der Waals surface area contributed by atoms with E-state index >= 15 is 0 Å². The molecule has 134 valence electrons. The number of ether oxygens (including phenoxy) is 1. The molecule has 3 N–H and O–H groups in total. The third-order valence-corrected chi connectivity index (χ3v) is 4.31. The number of carbonyl (C=O) groups is 2. The number of nitrogen functional groups attached to an aromatic ring is 1. The summed E-state index contributed by atoms with van der Waals surface area (Å²) in [4.78, 5) is 23.9. The van der Waals surface area contributed by atoms with Crippen LogP contribution in [-0.4, -0.2) is 39.0 Å². The molecule has 0 radical (unpaired) electrons. The molecule has 0 aliphatic carbocycles. The number of nitrogens with zero attached hydrogens (tertiary/aromatic N) is 3. The normalized spacial score (nSPS) is 11.8. The lowest BCUT2D eigenvalue weighted by Crippen LogP contribution is -2.31. The van der Waals surface area contributed by atoms with E-state index in [2.05, 4.69) is 15.5 Å². The third kappa shape index (κ3) is 5.21. The largest absolute Gasteiger partial charge is 0.465 e.